The summed E-state index contributed by atoms with van der Waals surface area (Å²) in [4.78, 5) is 24.9. The van der Waals surface area contributed by atoms with Crippen LogP contribution in [0.3, 0.4) is 0 Å². The number of carboxylic acids is 1. The van der Waals surface area contributed by atoms with E-state index in [0.717, 1.165) is 19.5 Å². The van der Waals surface area contributed by atoms with Crippen molar-refractivity contribution in [1.29, 1.82) is 0 Å². The van der Waals surface area contributed by atoms with Crippen molar-refractivity contribution in [3.63, 3.8) is 0 Å². The SMILES string of the molecule is COCCCC(NC(=O)NC1CCN(C)C1)C(=O)O. The molecule has 0 saturated carbocycles. The lowest BCUT2D eigenvalue weighted by atomic mass is 10.1. The summed E-state index contributed by atoms with van der Waals surface area (Å²) in [5, 5.41) is 14.3. The zero-order chi connectivity index (χ0) is 14.3. The minimum Gasteiger partial charge on any atom is -0.480 e. The number of carboxylic acid groups (broad SMARTS) is 1. The van der Waals surface area contributed by atoms with E-state index in [4.69, 9.17) is 9.84 Å². The summed E-state index contributed by atoms with van der Waals surface area (Å²) in [5.74, 6) is -1.02. The van der Waals surface area contributed by atoms with Crippen LogP contribution >= 0.6 is 0 Å². The van der Waals surface area contributed by atoms with Crippen LogP contribution < -0.4 is 10.6 Å². The zero-order valence-electron chi connectivity index (χ0n) is 11.5. The van der Waals surface area contributed by atoms with E-state index in [9.17, 15) is 9.59 Å². The second kappa shape index (κ2) is 7.96. The van der Waals surface area contributed by atoms with Crippen molar-refractivity contribution in [2.45, 2.75) is 31.3 Å². The standard InChI is InChI=1S/C12H23N3O4/c1-15-6-5-9(8-15)13-12(18)14-10(11(16)17)4-3-7-19-2/h9-10H,3-8H2,1-2H3,(H,16,17)(H2,13,14,18). The van der Waals surface area contributed by atoms with Crippen molar-refractivity contribution < 1.29 is 19.4 Å². The topological polar surface area (TPSA) is 90.9 Å². The summed E-state index contributed by atoms with van der Waals surface area (Å²) in [7, 11) is 3.55. The Hall–Kier alpha value is -1.34. The number of likely N-dealkylation sites (tertiary alicyclic amines) is 1. The number of nitrogens with one attached hydrogen (secondary N) is 2. The normalized spacial score (nSPS) is 21.1. The summed E-state index contributed by atoms with van der Waals surface area (Å²) in [6.45, 7) is 2.23. The van der Waals surface area contributed by atoms with Crippen LogP contribution in [0, 0.1) is 0 Å². The molecule has 3 N–H and O–H groups in total. The molecule has 0 spiro atoms. The van der Waals surface area contributed by atoms with Gasteiger partial charge in [0.1, 0.15) is 6.04 Å². The largest absolute Gasteiger partial charge is 0.480 e. The number of ether oxygens (including phenoxy) is 1. The molecule has 1 aliphatic rings. The lowest BCUT2D eigenvalue weighted by molar-refractivity contribution is -0.139. The van der Waals surface area contributed by atoms with Gasteiger partial charge in [0.2, 0.25) is 0 Å². The molecule has 0 aliphatic carbocycles. The predicted molar refractivity (Wildman–Crippen MR) is 70.1 cm³/mol. The molecule has 0 aromatic carbocycles. The molecule has 1 fully saturated rings. The van der Waals surface area contributed by atoms with Gasteiger partial charge in [-0.05, 0) is 32.9 Å². The molecule has 19 heavy (non-hydrogen) atoms. The smallest absolute Gasteiger partial charge is 0.326 e. The molecule has 2 unspecified atom stereocenters. The molecule has 2 atom stereocenters. The van der Waals surface area contributed by atoms with Crippen molar-refractivity contribution in [1.82, 2.24) is 15.5 Å². The molecule has 1 rings (SSSR count). The lowest BCUT2D eigenvalue weighted by Crippen LogP contribution is -2.49. The molecule has 0 aromatic heterocycles. The van der Waals surface area contributed by atoms with Gasteiger partial charge < -0.3 is 25.4 Å². The van der Waals surface area contributed by atoms with Gasteiger partial charge in [0.25, 0.3) is 0 Å². The van der Waals surface area contributed by atoms with Gasteiger partial charge in [-0.3, -0.25) is 0 Å². The Labute approximate surface area is 113 Å². The van der Waals surface area contributed by atoms with Crippen LogP contribution in [-0.2, 0) is 9.53 Å². The highest BCUT2D eigenvalue weighted by atomic mass is 16.5. The molecule has 7 heteroatoms. The Kier molecular flexibility index (Phi) is 6.58. The second-order valence-electron chi connectivity index (χ2n) is 4.89. The highest BCUT2D eigenvalue weighted by Crippen LogP contribution is 2.06. The maximum Gasteiger partial charge on any atom is 0.326 e. The second-order valence-corrected chi connectivity index (χ2v) is 4.89. The molecule has 2 amide bonds. The third-order valence-electron chi connectivity index (χ3n) is 3.17. The number of likely N-dealkylation sites (N-methyl/N-ethyl adjacent to an activating group) is 1. The van der Waals surface area contributed by atoms with Gasteiger partial charge >= 0.3 is 12.0 Å². The van der Waals surface area contributed by atoms with Gasteiger partial charge in [-0.1, -0.05) is 0 Å². The average Bonchev–Trinajstić information content (AvgIpc) is 2.73. The molecule has 1 heterocycles. The van der Waals surface area contributed by atoms with Gasteiger partial charge in [-0.2, -0.15) is 0 Å². The first-order valence-electron chi connectivity index (χ1n) is 6.50. The van der Waals surface area contributed by atoms with E-state index < -0.39 is 18.0 Å². The Balaban J connectivity index is 2.32. The highest BCUT2D eigenvalue weighted by molar-refractivity contribution is 5.82. The van der Waals surface area contributed by atoms with E-state index in [-0.39, 0.29) is 6.04 Å². The first-order chi connectivity index (χ1) is 9.02. The third kappa shape index (κ3) is 5.89. The van der Waals surface area contributed by atoms with Crippen molar-refractivity contribution in [3.8, 4) is 0 Å². The highest BCUT2D eigenvalue weighted by Gasteiger charge is 2.24. The van der Waals surface area contributed by atoms with E-state index in [1.165, 1.54) is 0 Å². The van der Waals surface area contributed by atoms with Crippen LogP contribution in [0.2, 0.25) is 0 Å². The fraction of sp³-hybridized carbons (Fsp3) is 0.833. The summed E-state index contributed by atoms with van der Waals surface area (Å²) >= 11 is 0. The van der Waals surface area contributed by atoms with Crippen molar-refractivity contribution in [2.24, 2.45) is 0 Å². The number of nitrogens with zero attached hydrogens (tertiary/aromatic N) is 1. The summed E-state index contributed by atoms with van der Waals surface area (Å²) in [6, 6.07) is -1.18. The fourth-order valence-electron chi connectivity index (χ4n) is 2.13. The Bertz CT molecular complexity index is 311. The minimum absolute atomic E-state index is 0.0958. The van der Waals surface area contributed by atoms with Crippen molar-refractivity contribution in [3.05, 3.63) is 0 Å². The first kappa shape index (κ1) is 15.7. The van der Waals surface area contributed by atoms with E-state index in [1.807, 2.05) is 7.05 Å². The van der Waals surface area contributed by atoms with Gasteiger partial charge in [0.05, 0.1) is 0 Å². The van der Waals surface area contributed by atoms with Crippen LogP contribution in [-0.4, -0.2) is 67.9 Å². The number of carbonyl (C=O) groups is 2. The molecule has 110 valence electrons. The lowest BCUT2D eigenvalue weighted by Gasteiger charge is -2.18. The van der Waals surface area contributed by atoms with Gasteiger partial charge in [0.15, 0.2) is 0 Å². The van der Waals surface area contributed by atoms with E-state index >= 15 is 0 Å². The van der Waals surface area contributed by atoms with Crippen LogP contribution in [0.15, 0.2) is 0 Å². The molecule has 0 aromatic rings. The summed E-state index contributed by atoms with van der Waals surface area (Å²) in [5.41, 5.74) is 0. The van der Waals surface area contributed by atoms with Gasteiger partial charge in [0, 0.05) is 26.3 Å². The number of amides is 2. The number of urea groups is 1. The van der Waals surface area contributed by atoms with Crippen LogP contribution in [0.25, 0.3) is 0 Å². The van der Waals surface area contributed by atoms with E-state index in [0.29, 0.717) is 19.4 Å². The monoisotopic (exact) mass is 273 g/mol. The van der Waals surface area contributed by atoms with E-state index in [2.05, 4.69) is 15.5 Å². The molecule has 0 bridgehead atoms. The number of carbonyl (C=O) groups excluding carboxylic acids is 1. The summed E-state index contributed by atoms with van der Waals surface area (Å²) in [6.07, 6.45) is 1.85. The molecular formula is C12H23N3O4. The van der Waals surface area contributed by atoms with Crippen molar-refractivity contribution in [2.75, 3.05) is 33.9 Å². The zero-order valence-corrected chi connectivity index (χ0v) is 11.5. The maximum absolute atomic E-state index is 11.7. The summed E-state index contributed by atoms with van der Waals surface area (Å²) < 4.78 is 4.87. The van der Waals surface area contributed by atoms with E-state index in [1.54, 1.807) is 7.11 Å². The molecular weight excluding hydrogens is 250 g/mol. The number of methoxy groups -OCH3 is 1. The Morgan fingerprint density at radius 1 is 1.53 bits per heavy atom. The predicted octanol–water partition coefficient (Wildman–Crippen LogP) is -0.130. The van der Waals surface area contributed by atoms with Gasteiger partial charge in [-0.25, -0.2) is 9.59 Å². The van der Waals surface area contributed by atoms with Crippen molar-refractivity contribution >= 4 is 12.0 Å². The molecule has 0 radical (unpaired) electrons. The molecule has 1 saturated heterocycles. The van der Waals surface area contributed by atoms with Crippen LogP contribution in [0.1, 0.15) is 19.3 Å². The third-order valence-corrected chi connectivity index (χ3v) is 3.17. The fourth-order valence-corrected chi connectivity index (χ4v) is 2.13. The van der Waals surface area contributed by atoms with Crippen LogP contribution in [0.5, 0.6) is 0 Å². The first-order valence-corrected chi connectivity index (χ1v) is 6.50. The quantitative estimate of drug-likeness (QED) is 0.562. The molecule has 1 aliphatic heterocycles. The molecule has 7 nitrogen and oxygen atoms in total. The minimum atomic E-state index is -1.02. The Morgan fingerprint density at radius 2 is 2.26 bits per heavy atom. The number of rotatable bonds is 7. The van der Waals surface area contributed by atoms with Gasteiger partial charge in [-0.15, -0.1) is 0 Å². The average molecular weight is 273 g/mol. The maximum atomic E-state index is 11.7. The number of hydrogen-bond donors (Lipinski definition) is 3. The number of hydrogen-bond acceptors (Lipinski definition) is 4. The Morgan fingerprint density at radius 3 is 2.79 bits per heavy atom. The van der Waals surface area contributed by atoms with Crippen LogP contribution in [0.4, 0.5) is 4.79 Å². The number of aliphatic carboxylic acids is 1.